The van der Waals surface area contributed by atoms with Gasteiger partial charge < -0.3 is 0 Å². The molecule has 0 aliphatic heterocycles. The summed E-state index contributed by atoms with van der Waals surface area (Å²) in [6.07, 6.45) is 5.55. The Kier molecular flexibility index (Phi) is 1.18. The second-order valence-corrected chi connectivity index (χ2v) is 2.13. The van der Waals surface area contributed by atoms with Crippen molar-refractivity contribution < 1.29 is 4.79 Å². The number of carbonyl (C=O) groups excluding carboxylic acids is 1. The van der Waals surface area contributed by atoms with Gasteiger partial charge in [-0.25, -0.2) is 9.50 Å². The minimum Gasteiger partial charge on any atom is -0.296 e. The first kappa shape index (κ1) is 6.03. The van der Waals surface area contributed by atoms with Gasteiger partial charge in [-0.15, -0.1) is 0 Å². The number of rotatable bonds is 1. The minimum atomic E-state index is 0.390. The van der Waals surface area contributed by atoms with E-state index in [2.05, 4.69) is 10.1 Å². The summed E-state index contributed by atoms with van der Waals surface area (Å²) >= 11 is 0. The molecule has 0 unspecified atom stereocenters. The van der Waals surface area contributed by atoms with E-state index in [4.69, 9.17) is 0 Å². The Labute approximate surface area is 62.5 Å². The number of fused-ring (bicyclic) bond motifs is 1. The highest BCUT2D eigenvalue weighted by Gasteiger charge is 1.94. The molecule has 0 N–H and O–H groups in total. The van der Waals surface area contributed by atoms with Crippen LogP contribution in [0.3, 0.4) is 0 Å². The highest BCUT2D eigenvalue weighted by molar-refractivity contribution is 5.71. The minimum absolute atomic E-state index is 0.390. The average Bonchev–Trinajstić information content (AvgIpc) is 2.50. The van der Waals surface area contributed by atoms with Gasteiger partial charge in [0.05, 0.1) is 24.1 Å². The Morgan fingerprint density at radius 2 is 2.45 bits per heavy atom. The number of hydrogen-bond acceptors (Lipinski definition) is 3. The standard InChI is InChI=1S/C7H5N3O/c11-5-6-4-10-7(3-8-6)1-2-9-10/h1-5H. The number of aldehydes is 1. The van der Waals surface area contributed by atoms with Gasteiger partial charge in [0, 0.05) is 0 Å². The van der Waals surface area contributed by atoms with E-state index in [0.29, 0.717) is 12.0 Å². The molecular formula is C7H5N3O. The lowest BCUT2D eigenvalue weighted by atomic mass is 10.5. The Hall–Kier alpha value is -1.71. The monoisotopic (exact) mass is 147 g/mol. The maximum absolute atomic E-state index is 10.3. The average molecular weight is 147 g/mol. The normalized spacial score (nSPS) is 10.2. The fourth-order valence-corrected chi connectivity index (χ4v) is 0.895. The van der Waals surface area contributed by atoms with Crippen LogP contribution in [0.15, 0.2) is 24.7 Å². The van der Waals surface area contributed by atoms with E-state index < -0.39 is 0 Å². The molecule has 0 radical (unpaired) electrons. The van der Waals surface area contributed by atoms with Crippen LogP contribution < -0.4 is 0 Å². The van der Waals surface area contributed by atoms with Crippen LogP contribution in [-0.2, 0) is 0 Å². The number of carbonyl (C=O) groups is 1. The second kappa shape index (κ2) is 2.16. The van der Waals surface area contributed by atoms with Gasteiger partial charge in [0.2, 0.25) is 0 Å². The van der Waals surface area contributed by atoms with Crippen molar-refractivity contribution in [3.8, 4) is 0 Å². The van der Waals surface area contributed by atoms with Crippen molar-refractivity contribution in [2.45, 2.75) is 0 Å². The number of hydrogen-bond donors (Lipinski definition) is 0. The molecule has 0 aliphatic carbocycles. The van der Waals surface area contributed by atoms with Gasteiger partial charge in [-0.1, -0.05) is 0 Å². The lowest BCUT2D eigenvalue weighted by molar-refractivity contribution is 0.111. The van der Waals surface area contributed by atoms with Crippen LogP contribution in [0.1, 0.15) is 10.5 Å². The van der Waals surface area contributed by atoms with Gasteiger partial charge in [0.25, 0.3) is 0 Å². The van der Waals surface area contributed by atoms with Crippen molar-refractivity contribution in [1.29, 1.82) is 0 Å². The molecule has 54 valence electrons. The third kappa shape index (κ3) is 0.881. The Morgan fingerprint density at radius 3 is 3.27 bits per heavy atom. The first-order valence-corrected chi connectivity index (χ1v) is 3.15. The maximum atomic E-state index is 10.3. The number of aromatic nitrogens is 3. The molecule has 2 aromatic heterocycles. The molecule has 0 saturated carbocycles. The molecule has 4 heteroatoms. The molecule has 2 heterocycles. The third-order valence-corrected chi connectivity index (χ3v) is 1.42. The van der Waals surface area contributed by atoms with Crippen molar-refractivity contribution in [2.75, 3.05) is 0 Å². The van der Waals surface area contributed by atoms with E-state index in [9.17, 15) is 4.79 Å². The summed E-state index contributed by atoms with van der Waals surface area (Å²) in [5.41, 5.74) is 1.27. The highest BCUT2D eigenvalue weighted by atomic mass is 16.1. The molecule has 0 aromatic carbocycles. The fraction of sp³-hybridized carbons (Fsp3) is 0. The zero-order chi connectivity index (χ0) is 7.68. The summed E-state index contributed by atoms with van der Waals surface area (Å²) in [6.45, 7) is 0. The predicted octanol–water partition coefficient (Wildman–Crippen LogP) is 0.542. The summed E-state index contributed by atoms with van der Waals surface area (Å²) in [7, 11) is 0. The van der Waals surface area contributed by atoms with Gasteiger partial charge in [0.15, 0.2) is 6.29 Å². The van der Waals surface area contributed by atoms with E-state index in [-0.39, 0.29) is 0 Å². The zero-order valence-corrected chi connectivity index (χ0v) is 5.64. The lowest BCUT2D eigenvalue weighted by Crippen LogP contribution is -1.92. The fourth-order valence-electron chi connectivity index (χ4n) is 0.895. The van der Waals surface area contributed by atoms with Crippen LogP contribution in [0.4, 0.5) is 0 Å². The van der Waals surface area contributed by atoms with Crippen molar-refractivity contribution in [3.63, 3.8) is 0 Å². The molecule has 0 amide bonds. The Bertz CT molecular complexity index is 393. The number of nitrogens with zero attached hydrogens (tertiary/aromatic N) is 3. The molecule has 0 aliphatic rings. The van der Waals surface area contributed by atoms with Gasteiger partial charge in [0.1, 0.15) is 5.69 Å². The van der Waals surface area contributed by atoms with E-state index in [1.807, 2.05) is 6.07 Å². The van der Waals surface area contributed by atoms with Gasteiger partial charge in [-0.2, -0.15) is 5.10 Å². The van der Waals surface area contributed by atoms with E-state index in [1.165, 1.54) is 0 Å². The van der Waals surface area contributed by atoms with Crippen LogP contribution >= 0.6 is 0 Å². The molecule has 4 nitrogen and oxygen atoms in total. The van der Waals surface area contributed by atoms with Crippen molar-refractivity contribution in [2.24, 2.45) is 0 Å². The zero-order valence-electron chi connectivity index (χ0n) is 5.64. The first-order valence-electron chi connectivity index (χ1n) is 3.15. The predicted molar refractivity (Wildman–Crippen MR) is 38.4 cm³/mol. The quantitative estimate of drug-likeness (QED) is 0.553. The summed E-state index contributed by atoms with van der Waals surface area (Å²) in [6, 6.07) is 1.82. The summed E-state index contributed by atoms with van der Waals surface area (Å²) < 4.78 is 1.61. The molecule has 0 atom stereocenters. The van der Waals surface area contributed by atoms with E-state index >= 15 is 0 Å². The van der Waals surface area contributed by atoms with Crippen LogP contribution in [0.2, 0.25) is 0 Å². The maximum Gasteiger partial charge on any atom is 0.170 e. The smallest absolute Gasteiger partial charge is 0.170 e. The first-order chi connectivity index (χ1) is 5.40. The van der Waals surface area contributed by atoms with Crippen molar-refractivity contribution >= 4 is 11.8 Å². The SMILES string of the molecule is O=Cc1cn2nccc2cn1. The second-order valence-electron chi connectivity index (χ2n) is 2.13. The van der Waals surface area contributed by atoms with Gasteiger partial charge >= 0.3 is 0 Å². The van der Waals surface area contributed by atoms with E-state index in [1.54, 1.807) is 23.1 Å². The molecule has 0 bridgehead atoms. The Morgan fingerprint density at radius 1 is 1.55 bits per heavy atom. The Balaban J connectivity index is 2.76. The molecular weight excluding hydrogens is 142 g/mol. The van der Waals surface area contributed by atoms with Crippen LogP contribution in [0.5, 0.6) is 0 Å². The summed E-state index contributed by atoms with van der Waals surface area (Å²) in [4.78, 5) is 14.1. The molecule has 2 aromatic rings. The molecule has 2 rings (SSSR count). The van der Waals surface area contributed by atoms with Crippen molar-refractivity contribution in [1.82, 2.24) is 14.6 Å². The third-order valence-electron chi connectivity index (χ3n) is 1.42. The van der Waals surface area contributed by atoms with E-state index in [0.717, 1.165) is 5.52 Å². The van der Waals surface area contributed by atoms with Gasteiger partial charge in [-0.05, 0) is 6.07 Å². The van der Waals surface area contributed by atoms with Crippen LogP contribution in [0.25, 0.3) is 5.52 Å². The summed E-state index contributed by atoms with van der Waals surface area (Å²) in [5.74, 6) is 0. The lowest BCUT2D eigenvalue weighted by Gasteiger charge is -1.91. The van der Waals surface area contributed by atoms with Crippen LogP contribution in [-0.4, -0.2) is 20.9 Å². The largest absolute Gasteiger partial charge is 0.296 e. The highest BCUT2D eigenvalue weighted by Crippen LogP contribution is 1.99. The summed E-state index contributed by atoms with van der Waals surface area (Å²) in [5, 5.41) is 3.95. The van der Waals surface area contributed by atoms with Crippen LogP contribution in [0, 0.1) is 0 Å². The van der Waals surface area contributed by atoms with Crippen molar-refractivity contribution in [3.05, 3.63) is 30.4 Å². The molecule has 0 spiro atoms. The molecule has 0 fully saturated rings. The molecule has 11 heavy (non-hydrogen) atoms. The molecule has 0 saturated heterocycles. The van der Waals surface area contributed by atoms with Gasteiger partial charge in [-0.3, -0.25) is 4.79 Å². The topological polar surface area (TPSA) is 47.3 Å².